The Labute approximate surface area is 82.5 Å². The number of methoxy groups -OCH3 is 1. The highest BCUT2D eigenvalue weighted by Crippen LogP contribution is 2.08. The predicted molar refractivity (Wildman–Crippen MR) is 53.5 cm³/mol. The summed E-state index contributed by atoms with van der Waals surface area (Å²) in [5.74, 6) is 0.263. The SMILES string of the molecule is COCC(Br)CCCS(C)(=O)=O. The average Bonchev–Trinajstić information content (AvgIpc) is 1.84. The maximum atomic E-state index is 10.7. The van der Waals surface area contributed by atoms with Gasteiger partial charge in [-0.3, -0.25) is 0 Å². The topological polar surface area (TPSA) is 43.4 Å². The van der Waals surface area contributed by atoms with Gasteiger partial charge < -0.3 is 4.74 Å². The van der Waals surface area contributed by atoms with Crippen LogP contribution in [-0.4, -0.2) is 39.0 Å². The summed E-state index contributed by atoms with van der Waals surface area (Å²) in [6.45, 7) is 0.629. The van der Waals surface area contributed by atoms with Gasteiger partial charge in [0, 0.05) is 23.9 Å². The molecule has 0 rings (SSSR count). The number of hydrogen-bond donors (Lipinski definition) is 0. The van der Waals surface area contributed by atoms with Gasteiger partial charge in [0.15, 0.2) is 0 Å². The third kappa shape index (κ3) is 8.49. The molecule has 5 heteroatoms. The van der Waals surface area contributed by atoms with E-state index in [-0.39, 0.29) is 10.6 Å². The number of halogens is 1. The van der Waals surface area contributed by atoms with Crippen LogP contribution in [0.2, 0.25) is 0 Å². The van der Waals surface area contributed by atoms with E-state index in [0.717, 1.165) is 6.42 Å². The largest absolute Gasteiger partial charge is 0.384 e. The summed E-state index contributed by atoms with van der Waals surface area (Å²) < 4.78 is 26.3. The molecule has 0 fully saturated rings. The van der Waals surface area contributed by atoms with Gasteiger partial charge in [-0.05, 0) is 12.8 Å². The first-order valence-corrected chi connectivity index (χ1v) is 6.74. The van der Waals surface area contributed by atoms with Crippen molar-refractivity contribution >= 4 is 25.8 Å². The lowest BCUT2D eigenvalue weighted by atomic mass is 10.3. The van der Waals surface area contributed by atoms with Crippen LogP contribution in [-0.2, 0) is 14.6 Å². The highest BCUT2D eigenvalue weighted by molar-refractivity contribution is 9.09. The summed E-state index contributed by atoms with van der Waals surface area (Å²) in [6.07, 6.45) is 2.78. The fraction of sp³-hybridized carbons (Fsp3) is 1.00. The van der Waals surface area contributed by atoms with Crippen LogP contribution < -0.4 is 0 Å². The molecule has 0 radical (unpaired) electrons. The molecular formula is C7H15BrO3S. The maximum absolute atomic E-state index is 10.7. The Morgan fingerprint density at radius 2 is 2.08 bits per heavy atom. The van der Waals surface area contributed by atoms with Crippen LogP contribution in [0.15, 0.2) is 0 Å². The fourth-order valence-electron chi connectivity index (χ4n) is 0.831. The van der Waals surface area contributed by atoms with Crippen molar-refractivity contribution in [1.82, 2.24) is 0 Å². The Hall–Kier alpha value is 0.390. The molecule has 0 N–H and O–H groups in total. The van der Waals surface area contributed by atoms with Crippen molar-refractivity contribution in [3.05, 3.63) is 0 Å². The monoisotopic (exact) mass is 258 g/mol. The lowest BCUT2D eigenvalue weighted by molar-refractivity contribution is 0.198. The van der Waals surface area contributed by atoms with E-state index in [1.807, 2.05) is 0 Å². The first kappa shape index (κ1) is 12.4. The van der Waals surface area contributed by atoms with E-state index in [1.165, 1.54) is 6.26 Å². The van der Waals surface area contributed by atoms with E-state index in [9.17, 15) is 8.42 Å². The van der Waals surface area contributed by atoms with Gasteiger partial charge in [-0.25, -0.2) is 8.42 Å². The molecule has 0 aromatic rings. The predicted octanol–water partition coefficient (Wildman–Crippen LogP) is 1.22. The summed E-state index contributed by atoms with van der Waals surface area (Å²) in [4.78, 5) is 0.268. The Morgan fingerprint density at radius 1 is 1.50 bits per heavy atom. The number of alkyl halides is 1. The zero-order valence-corrected chi connectivity index (χ0v) is 9.82. The molecule has 0 heterocycles. The normalized spacial score (nSPS) is 14.6. The second kappa shape index (κ2) is 5.94. The van der Waals surface area contributed by atoms with Crippen LogP contribution in [0.3, 0.4) is 0 Å². The third-order valence-electron chi connectivity index (χ3n) is 1.38. The second-order valence-corrected chi connectivity index (χ2v) is 6.38. The molecule has 0 saturated carbocycles. The van der Waals surface area contributed by atoms with Gasteiger partial charge in [0.05, 0.1) is 6.61 Å². The summed E-state index contributed by atoms with van der Waals surface area (Å²) in [7, 11) is -1.17. The van der Waals surface area contributed by atoms with Gasteiger partial charge in [-0.1, -0.05) is 15.9 Å². The highest BCUT2D eigenvalue weighted by Gasteiger charge is 2.06. The van der Waals surface area contributed by atoms with Crippen LogP contribution in [0, 0.1) is 0 Å². The first-order valence-electron chi connectivity index (χ1n) is 3.76. The Kier molecular flexibility index (Phi) is 6.13. The molecule has 0 aromatic carbocycles. The minimum absolute atomic E-state index is 0.263. The Bertz CT molecular complexity index is 201. The van der Waals surface area contributed by atoms with Crippen molar-refractivity contribution in [2.45, 2.75) is 17.7 Å². The molecule has 12 heavy (non-hydrogen) atoms. The zero-order valence-electron chi connectivity index (χ0n) is 7.42. The van der Waals surface area contributed by atoms with Crippen molar-refractivity contribution < 1.29 is 13.2 Å². The van der Waals surface area contributed by atoms with E-state index in [1.54, 1.807) is 7.11 Å². The van der Waals surface area contributed by atoms with Gasteiger partial charge >= 0.3 is 0 Å². The number of rotatable bonds is 6. The standard InChI is InChI=1S/C7H15BrO3S/c1-11-6-7(8)4-3-5-12(2,9)10/h7H,3-6H2,1-2H3. The molecule has 0 aliphatic rings. The van der Waals surface area contributed by atoms with Crippen LogP contribution in [0.5, 0.6) is 0 Å². The molecule has 0 amide bonds. The second-order valence-electron chi connectivity index (χ2n) is 2.82. The Morgan fingerprint density at radius 3 is 2.50 bits per heavy atom. The lowest BCUT2D eigenvalue weighted by Crippen LogP contribution is -2.10. The van der Waals surface area contributed by atoms with Gasteiger partial charge in [0.2, 0.25) is 0 Å². The van der Waals surface area contributed by atoms with Gasteiger partial charge in [0.25, 0.3) is 0 Å². The molecule has 3 nitrogen and oxygen atoms in total. The summed E-state index contributed by atoms with van der Waals surface area (Å²) in [5, 5.41) is 0. The van der Waals surface area contributed by atoms with Crippen molar-refractivity contribution in [2.75, 3.05) is 25.7 Å². The minimum atomic E-state index is -2.80. The van der Waals surface area contributed by atoms with E-state index in [0.29, 0.717) is 13.0 Å². The lowest BCUT2D eigenvalue weighted by Gasteiger charge is -2.06. The molecule has 0 saturated heterocycles. The highest BCUT2D eigenvalue weighted by atomic mass is 79.9. The maximum Gasteiger partial charge on any atom is 0.147 e. The van der Waals surface area contributed by atoms with Crippen molar-refractivity contribution in [1.29, 1.82) is 0 Å². The van der Waals surface area contributed by atoms with Crippen LogP contribution in [0.1, 0.15) is 12.8 Å². The summed E-state index contributed by atoms with van der Waals surface area (Å²) in [6, 6.07) is 0. The first-order chi connectivity index (χ1) is 5.45. The quantitative estimate of drug-likeness (QED) is 0.674. The number of ether oxygens (including phenoxy) is 1. The van der Waals surface area contributed by atoms with Crippen LogP contribution in [0.25, 0.3) is 0 Å². The zero-order chi connectivity index (χ0) is 9.61. The molecule has 1 atom stereocenters. The van der Waals surface area contributed by atoms with Crippen molar-refractivity contribution in [2.24, 2.45) is 0 Å². The molecule has 0 aliphatic heterocycles. The van der Waals surface area contributed by atoms with Crippen LogP contribution >= 0.6 is 15.9 Å². The van der Waals surface area contributed by atoms with Gasteiger partial charge in [0.1, 0.15) is 9.84 Å². The number of hydrogen-bond acceptors (Lipinski definition) is 3. The molecule has 0 aliphatic carbocycles. The smallest absolute Gasteiger partial charge is 0.147 e. The summed E-state index contributed by atoms with van der Waals surface area (Å²) >= 11 is 3.39. The Balaban J connectivity index is 3.44. The van der Waals surface area contributed by atoms with Crippen LogP contribution in [0.4, 0.5) is 0 Å². The molecule has 0 spiro atoms. The van der Waals surface area contributed by atoms with Gasteiger partial charge in [-0.2, -0.15) is 0 Å². The molecule has 0 aromatic heterocycles. The van der Waals surface area contributed by atoms with Gasteiger partial charge in [-0.15, -0.1) is 0 Å². The molecule has 0 bridgehead atoms. The summed E-state index contributed by atoms with van der Waals surface area (Å²) in [5.41, 5.74) is 0. The fourth-order valence-corrected chi connectivity index (χ4v) is 2.11. The molecular weight excluding hydrogens is 244 g/mol. The minimum Gasteiger partial charge on any atom is -0.384 e. The number of sulfone groups is 1. The third-order valence-corrected chi connectivity index (χ3v) is 3.13. The van der Waals surface area contributed by atoms with Crippen molar-refractivity contribution in [3.63, 3.8) is 0 Å². The van der Waals surface area contributed by atoms with Crippen molar-refractivity contribution in [3.8, 4) is 0 Å². The van der Waals surface area contributed by atoms with E-state index >= 15 is 0 Å². The van der Waals surface area contributed by atoms with E-state index in [2.05, 4.69) is 15.9 Å². The van der Waals surface area contributed by atoms with E-state index in [4.69, 9.17) is 4.74 Å². The molecule has 1 unspecified atom stereocenters. The average molecular weight is 259 g/mol. The molecule has 74 valence electrons. The van der Waals surface area contributed by atoms with E-state index < -0.39 is 9.84 Å².